The Hall–Kier alpha value is -1.49. The summed E-state index contributed by atoms with van der Waals surface area (Å²) in [5, 5.41) is 8.71. The standard InChI is InChI=1S/C14H17NO3S/c1-9(14(17)18)15(2)13(16)12-11-6-4-3-5-10(11)7-8-19-12/h3-6,9,12H,7-8H2,1-2H3,(H,17,18)/t9-,12-/m0/s1. The normalized spacial score (nSPS) is 19.4. The molecule has 0 unspecified atom stereocenters. The topological polar surface area (TPSA) is 57.6 Å². The highest BCUT2D eigenvalue weighted by Gasteiger charge is 2.32. The number of carboxylic acids is 1. The second kappa shape index (κ2) is 5.65. The van der Waals surface area contributed by atoms with Crippen LogP contribution in [0.5, 0.6) is 0 Å². The minimum Gasteiger partial charge on any atom is -0.480 e. The fourth-order valence-corrected chi connectivity index (χ4v) is 3.43. The molecule has 0 aliphatic carbocycles. The van der Waals surface area contributed by atoms with E-state index in [4.69, 9.17) is 5.11 Å². The van der Waals surface area contributed by atoms with Crippen molar-refractivity contribution in [3.63, 3.8) is 0 Å². The molecule has 2 rings (SSSR count). The van der Waals surface area contributed by atoms with Gasteiger partial charge in [-0.3, -0.25) is 4.79 Å². The maximum atomic E-state index is 12.4. The molecule has 0 aromatic heterocycles. The third-order valence-electron chi connectivity index (χ3n) is 3.50. The van der Waals surface area contributed by atoms with Gasteiger partial charge in [0, 0.05) is 7.05 Å². The van der Waals surface area contributed by atoms with Crippen molar-refractivity contribution in [2.45, 2.75) is 24.6 Å². The zero-order chi connectivity index (χ0) is 14.0. The lowest BCUT2D eigenvalue weighted by atomic mass is 10.0. The molecule has 1 N–H and O–H groups in total. The predicted octanol–water partition coefficient (Wildman–Crippen LogP) is 1.95. The lowest BCUT2D eigenvalue weighted by Gasteiger charge is -2.30. The second-order valence-electron chi connectivity index (χ2n) is 4.66. The lowest BCUT2D eigenvalue weighted by molar-refractivity contribution is -0.148. The largest absolute Gasteiger partial charge is 0.480 e. The fraction of sp³-hybridized carbons (Fsp3) is 0.429. The van der Waals surface area contributed by atoms with E-state index < -0.39 is 12.0 Å². The van der Waals surface area contributed by atoms with Gasteiger partial charge in [0.25, 0.3) is 0 Å². The highest BCUT2D eigenvalue weighted by Crippen LogP contribution is 2.37. The van der Waals surface area contributed by atoms with Crippen molar-refractivity contribution in [3.8, 4) is 0 Å². The van der Waals surface area contributed by atoms with Gasteiger partial charge in [0.05, 0.1) is 0 Å². The molecule has 2 atom stereocenters. The molecule has 1 aliphatic rings. The van der Waals surface area contributed by atoms with Crippen LogP contribution in [0, 0.1) is 0 Å². The van der Waals surface area contributed by atoms with Crippen molar-refractivity contribution in [2.75, 3.05) is 12.8 Å². The number of aryl methyl sites for hydroxylation is 1. The Morgan fingerprint density at radius 3 is 2.79 bits per heavy atom. The summed E-state index contributed by atoms with van der Waals surface area (Å²) in [5.41, 5.74) is 2.21. The number of carbonyl (C=O) groups excluding carboxylic acids is 1. The predicted molar refractivity (Wildman–Crippen MR) is 75.2 cm³/mol. The van der Waals surface area contributed by atoms with Crippen LogP contribution in [0.25, 0.3) is 0 Å². The molecule has 1 aromatic rings. The number of amides is 1. The quantitative estimate of drug-likeness (QED) is 0.918. The molecule has 102 valence electrons. The molecule has 4 nitrogen and oxygen atoms in total. The number of likely N-dealkylation sites (N-methyl/N-ethyl adjacent to an activating group) is 1. The molecule has 0 fully saturated rings. The van der Waals surface area contributed by atoms with Gasteiger partial charge in [-0.15, -0.1) is 11.8 Å². The second-order valence-corrected chi connectivity index (χ2v) is 5.88. The van der Waals surface area contributed by atoms with Crippen LogP contribution in [-0.2, 0) is 16.0 Å². The van der Waals surface area contributed by atoms with E-state index in [1.165, 1.54) is 17.4 Å². The summed E-state index contributed by atoms with van der Waals surface area (Å²) < 4.78 is 0. The van der Waals surface area contributed by atoms with Gasteiger partial charge in [0.1, 0.15) is 11.3 Å². The summed E-state index contributed by atoms with van der Waals surface area (Å²) in [6.45, 7) is 1.53. The first kappa shape index (κ1) is 13.9. The zero-order valence-electron chi connectivity index (χ0n) is 11.0. The SMILES string of the molecule is C[C@@H](C(=O)O)N(C)C(=O)[C@H]1SCCc2ccccc21. The fourth-order valence-electron chi connectivity index (χ4n) is 2.14. The molecular formula is C14H17NO3S. The van der Waals surface area contributed by atoms with Gasteiger partial charge in [-0.2, -0.15) is 0 Å². The van der Waals surface area contributed by atoms with Crippen LogP contribution >= 0.6 is 11.8 Å². The Kier molecular flexibility index (Phi) is 4.14. The maximum absolute atomic E-state index is 12.4. The number of rotatable bonds is 3. The van der Waals surface area contributed by atoms with Gasteiger partial charge in [0.2, 0.25) is 5.91 Å². The number of hydrogen-bond donors (Lipinski definition) is 1. The minimum absolute atomic E-state index is 0.132. The maximum Gasteiger partial charge on any atom is 0.326 e. The summed E-state index contributed by atoms with van der Waals surface area (Å²) >= 11 is 1.59. The van der Waals surface area contributed by atoms with Crippen LogP contribution in [0.15, 0.2) is 24.3 Å². The summed E-state index contributed by atoms with van der Waals surface area (Å²) in [6.07, 6.45) is 0.961. The van der Waals surface area contributed by atoms with E-state index in [9.17, 15) is 9.59 Å². The zero-order valence-corrected chi connectivity index (χ0v) is 11.8. The highest BCUT2D eigenvalue weighted by atomic mass is 32.2. The molecule has 1 aliphatic heterocycles. The number of aliphatic carboxylic acids is 1. The van der Waals surface area contributed by atoms with Gasteiger partial charge in [0.15, 0.2) is 0 Å². The van der Waals surface area contributed by atoms with Gasteiger partial charge in [-0.1, -0.05) is 24.3 Å². The Balaban J connectivity index is 2.24. The van der Waals surface area contributed by atoms with Gasteiger partial charge in [-0.25, -0.2) is 4.79 Å². The van der Waals surface area contributed by atoms with Crippen molar-refractivity contribution >= 4 is 23.6 Å². The molecule has 1 heterocycles. The lowest BCUT2D eigenvalue weighted by Crippen LogP contribution is -2.42. The van der Waals surface area contributed by atoms with Gasteiger partial charge in [-0.05, 0) is 30.2 Å². The highest BCUT2D eigenvalue weighted by molar-refractivity contribution is 8.00. The summed E-state index contributed by atoms with van der Waals surface area (Å²) in [5.74, 6) is -0.222. The summed E-state index contributed by atoms with van der Waals surface area (Å²) in [7, 11) is 1.55. The molecule has 1 amide bonds. The van der Waals surface area contributed by atoms with Crippen LogP contribution in [0.3, 0.4) is 0 Å². The van der Waals surface area contributed by atoms with Crippen LogP contribution in [0.2, 0.25) is 0 Å². The van der Waals surface area contributed by atoms with Crippen molar-refractivity contribution in [1.29, 1.82) is 0 Å². The van der Waals surface area contributed by atoms with E-state index in [1.54, 1.807) is 18.8 Å². The Morgan fingerprint density at radius 2 is 2.11 bits per heavy atom. The first-order chi connectivity index (χ1) is 9.02. The van der Waals surface area contributed by atoms with Crippen molar-refractivity contribution in [3.05, 3.63) is 35.4 Å². The molecule has 19 heavy (non-hydrogen) atoms. The van der Waals surface area contributed by atoms with Gasteiger partial charge < -0.3 is 10.0 Å². The molecule has 0 bridgehead atoms. The van der Waals surface area contributed by atoms with Crippen molar-refractivity contribution in [2.24, 2.45) is 0 Å². The van der Waals surface area contributed by atoms with E-state index in [-0.39, 0.29) is 11.2 Å². The van der Waals surface area contributed by atoms with Gasteiger partial charge >= 0.3 is 5.97 Å². The molecule has 5 heteroatoms. The molecule has 0 spiro atoms. The Bertz CT molecular complexity index is 503. The number of hydrogen-bond acceptors (Lipinski definition) is 3. The average molecular weight is 279 g/mol. The summed E-state index contributed by atoms with van der Waals surface area (Å²) in [6, 6.07) is 7.09. The number of carboxylic acid groups (broad SMARTS) is 1. The Labute approximate surface area is 116 Å². The van der Waals surface area contributed by atoms with E-state index >= 15 is 0 Å². The van der Waals surface area contributed by atoms with E-state index in [0.29, 0.717) is 0 Å². The molecular weight excluding hydrogens is 262 g/mol. The first-order valence-corrected chi connectivity index (χ1v) is 7.26. The Morgan fingerprint density at radius 1 is 1.42 bits per heavy atom. The molecule has 0 radical (unpaired) electrons. The summed E-state index contributed by atoms with van der Waals surface area (Å²) in [4.78, 5) is 24.7. The number of fused-ring (bicyclic) bond motifs is 1. The van der Waals surface area contributed by atoms with Crippen molar-refractivity contribution in [1.82, 2.24) is 4.90 Å². The number of benzene rings is 1. The average Bonchev–Trinajstić information content (AvgIpc) is 2.44. The number of carbonyl (C=O) groups is 2. The monoisotopic (exact) mass is 279 g/mol. The third kappa shape index (κ3) is 2.76. The smallest absolute Gasteiger partial charge is 0.326 e. The molecule has 0 saturated carbocycles. The first-order valence-electron chi connectivity index (χ1n) is 6.21. The number of nitrogens with zero attached hydrogens (tertiary/aromatic N) is 1. The third-order valence-corrected chi connectivity index (χ3v) is 4.73. The van der Waals surface area contributed by atoms with Crippen LogP contribution < -0.4 is 0 Å². The number of thioether (sulfide) groups is 1. The minimum atomic E-state index is -0.982. The van der Waals surface area contributed by atoms with Crippen LogP contribution in [0.4, 0.5) is 0 Å². The van der Waals surface area contributed by atoms with Crippen LogP contribution in [0.1, 0.15) is 23.3 Å². The van der Waals surface area contributed by atoms with E-state index in [0.717, 1.165) is 17.7 Å². The molecule has 1 aromatic carbocycles. The van der Waals surface area contributed by atoms with E-state index in [1.807, 2.05) is 24.3 Å². The van der Waals surface area contributed by atoms with E-state index in [2.05, 4.69) is 0 Å². The van der Waals surface area contributed by atoms with Crippen LogP contribution in [-0.4, -0.2) is 40.7 Å². The van der Waals surface area contributed by atoms with Crippen molar-refractivity contribution < 1.29 is 14.7 Å². The molecule has 0 saturated heterocycles.